The molecule has 1 amide bonds. The van der Waals surface area contributed by atoms with Crippen LogP contribution < -0.4 is 5.32 Å². The summed E-state index contributed by atoms with van der Waals surface area (Å²) in [6, 6.07) is 13.9. The van der Waals surface area contributed by atoms with E-state index in [1.54, 1.807) is 6.07 Å². The van der Waals surface area contributed by atoms with Crippen LogP contribution in [-0.4, -0.2) is 5.91 Å². The lowest BCUT2D eigenvalue weighted by Crippen LogP contribution is -2.19. The Hall–Kier alpha value is -1.43. The number of rotatable bonds is 3. The second-order valence-corrected chi connectivity index (χ2v) is 5.41. The van der Waals surface area contributed by atoms with Gasteiger partial charge in [0.05, 0.1) is 11.6 Å². The third-order valence-electron chi connectivity index (χ3n) is 2.88. The monoisotopic (exact) mass is 369 g/mol. The number of nitrogens with one attached hydrogen (secondary N) is 1. The second kappa shape index (κ2) is 6.14. The Kier molecular flexibility index (Phi) is 4.52. The minimum absolute atomic E-state index is 0.101. The first-order valence-electron chi connectivity index (χ1n) is 5.89. The van der Waals surface area contributed by atoms with Crippen molar-refractivity contribution in [1.29, 1.82) is 0 Å². The van der Waals surface area contributed by atoms with Crippen molar-refractivity contribution in [1.82, 2.24) is 0 Å². The van der Waals surface area contributed by atoms with Crippen LogP contribution >= 0.6 is 22.6 Å². The van der Waals surface area contributed by atoms with Crippen LogP contribution in [-0.2, 0) is 4.79 Å². The minimum Gasteiger partial charge on any atom is -0.325 e. The van der Waals surface area contributed by atoms with Gasteiger partial charge in [0.25, 0.3) is 0 Å². The van der Waals surface area contributed by atoms with E-state index in [9.17, 15) is 9.18 Å². The molecule has 0 aromatic heterocycles. The second-order valence-electron chi connectivity index (χ2n) is 4.25. The lowest BCUT2D eigenvalue weighted by atomic mass is 10.0. The molecule has 2 aromatic rings. The van der Waals surface area contributed by atoms with E-state index < -0.39 is 0 Å². The summed E-state index contributed by atoms with van der Waals surface area (Å²) in [5, 5.41) is 2.82. The maximum atomic E-state index is 13.0. The highest BCUT2D eigenvalue weighted by Crippen LogP contribution is 2.22. The van der Waals surface area contributed by atoms with Crippen LogP contribution in [0.3, 0.4) is 0 Å². The predicted molar refractivity (Wildman–Crippen MR) is 82.6 cm³/mol. The molecule has 0 radical (unpaired) electrons. The first kappa shape index (κ1) is 14.0. The van der Waals surface area contributed by atoms with Gasteiger partial charge in [0, 0.05) is 3.57 Å². The summed E-state index contributed by atoms with van der Waals surface area (Å²) in [4.78, 5) is 12.1. The SMILES string of the molecule is CC(C(=O)Nc1ccc(F)cc1I)c1ccccc1. The number of amides is 1. The molecule has 0 saturated carbocycles. The number of hydrogen-bond donors (Lipinski definition) is 1. The van der Waals surface area contributed by atoms with Gasteiger partial charge in [-0.05, 0) is 53.3 Å². The van der Waals surface area contributed by atoms with Gasteiger partial charge in [-0.1, -0.05) is 30.3 Å². The summed E-state index contributed by atoms with van der Waals surface area (Å²) in [5.41, 5.74) is 1.59. The quantitative estimate of drug-likeness (QED) is 0.809. The molecule has 0 aliphatic heterocycles. The summed E-state index contributed by atoms with van der Waals surface area (Å²) in [7, 11) is 0. The van der Waals surface area contributed by atoms with Crippen LogP contribution in [0.5, 0.6) is 0 Å². The van der Waals surface area contributed by atoms with Crippen LogP contribution in [0.4, 0.5) is 10.1 Å². The molecule has 98 valence electrons. The highest BCUT2D eigenvalue weighted by molar-refractivity contribution is 14.1. The molecule has 0 saturated heterocycles. The molecule has 1 N–H and O–H groups in total. The normalized spacial score (nSPS) is 11.9. The van der Waals surface area contributed by atoms with Gasteiger partial charge in [-0.15, -0.1) is 0 Å². The van der Waals surface area contributed by atoms with Crippen molar-refractivity contribution in [3.8, 4) is 0 Å². The zero-order valence-electron chi connectivity index (χ0n) is 10.4. The van der Waals surface area contributed by atoms with E-state index in [0.29, 0.717) is 9.26 Å². The number of carbonyl (C=O) groups is 1. The fraction of sp³-hybridized carbons (Fsp3) is 0.133. The largest absolute Gasteiger partial charge is 0.325 e. The average molecular weight is 369 g/mol. The van der Waals surface area contributed by atoms with Crippen LogP contribution in [0.1, 0.15) is 18.4 Å². The lowest BCUT2D eigenvalue weighted by Gasteiger charge is -2.13. The summed E-state index contributed by atoms with van der Waals surface area (Å²) < 4.78 is 13.7. The Balaban J connectivity index is 2.13. The lowest BCUT2D eigenvalue weighted by molar-refractivity contribution is -0.117. The molecular formula is C15H13FINO. The Labute approximate surface area is 125 Å². The van der Waals surface area contributed by atoms with E-state index in [-0.39, 0.29) is 17.6 Å². The van der Waals surface area contributed by atoms with Crippen molar-refractivity contribution in [2.24, 2.45) is 0 Å². The van der Waals surface area contributed by atoms with E-state index in [2.05, 4.69) is 5.32 Å². The van der Waals surface area contributed by atoms with Crippen molar-refractivity contribution in [2.45, 2.75) is 12.8 Å². The maximum Gasteiger partial charge on any atom is 0.231 e. The summed E-state index contributed by atoms with van der Waals surface area (Å²) in [6.45, 7) is 1.85. The van der Waals surface area contributed by atoms with Crippen molar-refractivity contribution in [3.63, 3.8) is 0 Å². The van der Waals surface area contributed by atoms with Crippen LogP contribution in [0.15, 0.2) is 48.5 Å². The minimum atomic E-state index is -0.307. The molecule has 0 fully saturated rings. The average Bonchev–Trinajstić information content (AvgIpc) is 2.42. The van der Waals surface area contributed by atoms with Gasteiger partial charge in [-0.2, -0.15) is 0 Å². The third kappa shape index (κ3) is 3.53. The van der Waals surface area contributed by atoms with Gasteiger partial charge in [0.2, 0.25) is 5.91 Å². The van der Waals surface area contributed by atoms with Gasteiger partial charge in [0.1, 0.15) is 5.82 Å². The molecule has 19 heavy (non-hydrogen) atoms. The topological polar surface area (TPSA) is 29.1 Å². The highest BCUT2D eigenvalue weighted by Gasteiger charge is 2.15. The molecule has 0 aliphatic rings. The van der Waals surface area contributed by atoms with Crippen molar-refractivity contribution in [3.05, 3.63) is 63.5 Å². The van der Waals surface area contributed by atoms with Gasteiger partial charge in [0.15, 0.2) is 0 Å². The molecule has 0 spiro atoms. The van der Waals surface area contributed by atoms with E-state index in [1.807, 2.05) is 59.8 Å². The molecule has 0 aliphatic carbocycles. The molecular weight excluding hydrogens is 356 g/mol. The zero-order valence-corrected chi connectivity index (χ0v) is 12.5. The number of halogens is 2. The summed E-state index contributed by atoms with van der Waals surface area (Å²) >= 11 is 2.00. The van der Waals surface area contributed by atoms with Crippen molar-refractivity contribution < 1.29 is 9.18 Å². The molecule has 4 heteroatoms. The zero-order chi connectivity index (χ0) is 13.8. The fourth-order valence-electron chi connectivity index (χ4n) is 1.72. The number of hydrogen-bond acceptors (Lipinski definition) is 1. The van der Waals surface area contributed by atoms with Crippen molar-refractivity contribution >= 4 is 34.2 Å². The van der Waals surface area contributed by atoms with Gasteiger partial charge in [-0.3, -0.25) is 4.79 Å². The highest BCUT2D eigenvalue weighted by atomic mass is 127. The Morgan fingerprint density at radius 1 is 1.21 bits per heavy atom. The van der Waals surface area contributed by atoms with Crippen LogP contribution in [0, 0.1) is 9.39 Å². The molecule has 0 heterocycles. The molecule has 0 bridgehead atoms. The van der Waals surface area contributed by atoms with E-state index >= 15 is 0 Å². The smallest absolute Gasteiger partial charge is 0.231 e. The molecule has 2 nitrogen and oxygen atoms in total. The number of anilines is 1. The van der Waals surface area contributed by atoms with Crippen molar-refractivity contribution in [2.75, 3.05) is 5.32 Å². The Morgan fingerprint density at radius 3 is 2.53 bits per heavy atom. The van der Waals surface area contributed by atoms with Gasteiger partial charge in [-0.25, -0.2) is 4.39 Å². The third-order valence-corrected chi connectivity index (χ3v) is 3.77. The number of benzene rings is 2. The standard InChI is InChI=1S/C15H13FINO/c1-10(11-5-3-2-4-6-11)15(19)18-14-8-7-12(16)9-13(14)17/h2-10H,1H3,(H,18,19). The molecule has 1 unspecified atom stereocenters. The van der Waals surface area contributed by atoms with E-state index in [0.717, 1.165) is 5.56 Å². The molecule has 1 atom stereocenters. The summed E-state index contributed by atoms with van der Waals surface area (Å²) in [6.07, 6.45) is 0. The molecule has 2 aromatic carbocycles. The fourth-order valence-corrected chi connectivity index (χ4v) is 2.34. The van der Waals surface area contributed by atoms with Gasteiger partial charge < -0.3 is 5.32 Å². The van der Waals surface area contributed by atoms with Gasteiger partial charge >= 0.3 is 0 Å². The number of carbonyl (C=O) groups excluding carboxylic acids is 1. The van der Waals surface area contributed by atoms with Crippen LogP contribution in [0.25, 0.3) is 0 Å². The first-order valence-corrected chi connectivity index (χ1v) is 6.96. The van der Waals surface area contributed by atoms with E-state index in [4.69, 9.17) is 0 Å². The molecule has 2 rings (SSSR count). The maximum absolute atomic E-state index is 13.0. The Bertz CT molecular complexity index is 586. The predicted octanol–water partition coefficient (Wildman–Crippen LogP) is 4.17. The summed E-state index contributed by atoms with van der Waals surface area (Å²) in [5.74, 6) is -0.656. The van der Waals surface area contributed by atoms with E-state index in [1.165, 1.54) is 12.1 Å². The van der Waals surface area contributed by atoms with Crippen LogP contribution in [0.2, 0.25) is 0 Å². The first-order chi connectivity index (χ1) is 9.08. The Morgan fingerprint density at radius 2 is 1.89 bits per heavy atom.